The van der Waals surface area contributed by atoms with E-state index in [0.717, 1.165) is 0 Å². The van der Waals surface area contributed by atoms with Gasteiger partial charge in [0.2, 0.25) is 0 Å². The maximum absolute atomic E-state index is 10.5. The minimum Gasteiger partial charge on any atom is -0.394 e. The van der Waals surface area contributed by atoms with Crippen LogP contribution >= 0.6 is 0 Å². The van der Waals surface area contributed by atoms with Crippen LogP contribution < -0.4 is 0 Å². The monoisotopic (exact) mass is 444 g/mol. The molecule has 0 saturated carbocycles. The van der Waals surface area contributed by atoms with Gasteiger partial charge in [-0.1, -0.05) is 0 Å². The highest BCUT2D eigenvalue weighted by Crippen LogP contribution is 2.29. The zero-order valence-corrected chi connectivity index (χ0v) is 15.7. The highest BCUT2D eigenvalue weighted by atomic mass is 16.7. The van der Waals surface area contributed by atoms with Crippen molar-refractivity contribution in [1.29, 1.82) is 0 Å². The van der Waals surface area contributed by atoms with Gasteiger partial charge in [0.05, 0.1) is 19.8 Å². The van der Waals surface area contributed by atoms with Crippen molar-refractivity contribution in [2.24, 2.45) is 0 Å². The molecular formula is C16H28O14. The van der Waals surface area contributed by atoms with Gasteiger partial charge in [-0.25, -0.2) is 0 Å². The van der Waals surface area contributed by atoms with Gasteiger partial charge >= 0.3 is 0 Å². The van der Waals surface area contributed by atoms with Crippen LogP contribution in [-0.2, 0) is 23.7 Å². The summed E-state index contributed by atoms with van der Waals surface area (Å²) in [5.41, 5.74) is 0. The van der Waals surface area contributed by atoms with Crippen molar-refractivity contribution in [1.82, 2.24) is 0 Å². The molecule has 3 saturated heterocycles. The Morgan fingerprint density at radius 3 is 1.83 bits per heavy atom. The maximum Gasteiger partial charge on any atom is 0.186 e. The molecule has 3 aliphatic heterocycles. The molecule has 13 atom stereocenters. The molecule has 0 radical (unpaired) electrons. The summed E-state index contributed by atoms with van der Waals surface area (Å²) in [5, 5.41) is 89.0. The quantitative estimate of drug-likeness (QED) is 0.192. The van der Waals surface area contributed by atoms with Crippen LogP contribution in [0.2, 0.25) is 0 Å². The minimum atomic E-state index is -1.78. The predicted molar refractivity (Wildman–Crippen MR) is 89.2 cm³/mol. The van der Waals surface area contributed by atoms with Crippen LogP contribution in [-0.4, -0.2) is 146 Å². The summed E-state index contributed by atoms with van der Waals surface area (Å²) in [6.07, 6.45) is -20.1. The van der Waals surface area contributed by atoms with Crippen LogP contribution in [0.5, 0.6) is 0 Å². The Balaban J connectivity index is 1.67. The van der Waals surface area contributed by atoms with Gasteiger partial charge in [-0.15, -0.1) is 0 Å². The van der Waals surface area contributed by atoms with E-state index >= 15 is 0 Å². The zero-order valence-electron chi connectivity index (χ0n) is 15.7. The van der Waals surface area contributed by atoms with Crippen molar-refractivity contribution in [3.05, 3.63) is 0 Å². The van der Waals surface area contributed by atoms with Gasteiger partial charge in [0.1, 0.15) is 61.0 Å². The lowest BCUT2D eigenvalue weighted by Gasteiger charge is -2.45. The second kappa shape index (κ2) is 9.93. The third-order valence-electron chi connectivity index (χ3n) is 5.30. The van der Waals surface area contributed by atoms with E-state index in [9.17, 15) is 46.0 Å². The Morgan fingerprint density at radius 2 is 1.20 bits per heavy atom. The predicted octanol–water partition coefficient (Wildman–Crippen LogP) is -6.29. The molecule has 176 valence electrons. The Hall–Kier alpha value is -0.560. The average Bonchev–Trinajstić information content (AvgIpc) is 2.72. The van der Waals surface area contributed by atoms with E-state index in [4.69, 9.17) is 23.7 Å². The standard InChI is InChI=1S/C16H28O14/c17-1-6-8(21)13(10(23)14(25)28-6)30-16-11(24)12(5(19)3-27-16)29-15-9(22)7(20)4(18)2-26-15/h4-25H,1-3H2/t4-,5-,6-,7+,8-,9-,10-,11-,12+,13+,14+,15-,16-/m1/s1. The van der Waals surface area contributed by atoms with Crippen LogP contribution in [0.1, 0.15) is 0 Å². The van der Waals surface area contributed by atoms with E-state index in [2.05, 4.69) is 0 Å². The van der Waals surface area contributed by atoms with Crippen LogP contribution in [0.15, 0.2) is 0 Å². The van der Waals surface area contributed by atoms with E-state index in [-0.39, 0.29) is 6.61 Å². The van der Waals surface area contributed by atoms with Gasteiger partial charge in [-0.3, -0.25) is 0 Å². The van der Waals surface area contributed by atoms with Crippen molar-refractivity contribution < 1.29 is 69.6 Å². The molecule has 30 heavy (non-hydrogen) atoms. The molecule has 0 amide bonds. The first-order valence-corrected chi connectivity index (χ1v) is 9.40. The summed E-state index contributed by atoms with van der Waals surface area (Å²) in [7, 11) is 0. The first-order chi connectivity index (χ1) is 14.1. The molecule has 3 aliphatic rings. The van der Waals surface area contributed by atoms with Gasteiger partial charge in [-0.2, -0.15) is 0 Å². The Morgan fingerprint density at radius 1 is 0.633 bits per heavy atom. The van der Waals surface area contributed by atoms with E-state index in [0.29, 0.717) is 0 Å². The molecule has 3 rings (SSSR count). The molecule has 0 aromatic rings. The Bertz CT molecular complexity index is 552. The number of aliphatic hydroxyl groups excluding tert-OH is 9. The van der Waals surface area contributed by atoms with Gasteiger partial charge in [0.25, 0.3) is 0 Å². The van der Waals surface area contributed by atoms with E-state index < -0.39 is 93.1 Å². The third kappa shape index (κ3) is 4.77. The fourth-order valence-electron chi connectivity index (χ4n) is 3.50. The molecule has 0 aromatic carbocycles. The summed E-state index contributed by atoms with van der Waals surface area (Å²) < 4.78 is 25.9. The second-order valence-corrected chi connectivity index (χ2v) is 7.44. The molecule has 9 N–H and O–H groups in total. The summed E-state index contributed by atoms with van der Waals surface area (Å²) in [6.45, 7) is -1.46. The van der Waals surface area contributed by atoms with Crippen molar-refractivity contribution in [3.8, 4) is 0 Å². The number of aliphatic hydroxyl groups is 9. The molecule has 14 heteroatoms. The molecular weight excluding hydrogens is 416 g/mol. The highest BCUT2D eigenvalue weighted by molar-refractivity contribution is 4.93. The molecule has 14 nitrogen and oxygen atoms in total. The van der Waals surface area contributed by atoms with E-state index in [1.807, 2.05) is 0 Å². The van der Waals surface area contributed by atoms with Crippen molar-refractivity contribution in [2.75, 3.05) is 19.8 Å². The summed E-state index contributed by atoms with van der Waals surface area (Å²) in [4.78, 5) is 0. The van der Waals surface area contributed by atoms with Crippen molar-refractivity contribution in [3.63, 3.8) is 0 Å². The Kier molecular flexibility index (Phi) is 7.97. The van der Waals surface area contributed by atoms with Crippen LogP contribution in [0.25, 0.3) is 0 Å². The normalized spacial score (nSPS) is 52.9. The first kappa shape index (κ1) is 24.1. The van der Waals surface area contributed by atoms with E-state index in [1.165, 1.54) is 0 Å². The van der Waals surface area contributed by atoms with Crippen LogP contribution in [0.4, 0.5) is 0 Å². The van der Waals surface area contributed by atoms with Gasteiger partial charge in [-0.05, 0) is 0 Å². The number of hydrogen-bond acceptors (Lipinski definition) is 14. The molecule has 0 aliphatic carbocycles. The second-order valence-electron chi connectivity index (χ2n) is 7.44. The van der Waals surface area contributed by atoms with E-state index in [1.54, 1.807) is 0 Å². The van der Waals surface area contributed by atoms with Crippen LogP contribution in [0.3, 0.4) is 0 Å². The Labute approximate surface area is 170 Å². The lowest BCUT2D eigenvalue weighted by atomic mass is 9.98. The number of rotatable bonds is 5. The number of hydrogen-bond donors (Lipinski definition) is 9. The lowest BCUT2D eigenvalue weighted by Crippen LogP contribution is -2.64. The first-order valence-electron chi connectivity index (χ1n) is 9.40. The minimum absolute atomic E-state index is 0.362. The molecule has 3 heterocycles. The summed E-state index contributed by atoms with van der Waals surface area (Å²) in [5.74, 6) is 0. The fourth-order valence-corrected chi connectivity index (χ4v) is 3.50. The molecule has 0 unspecified atom stereocenters. The lowest BCUT2D eigenvalue weighted by molar-refractivity contribution is -0.361. The van der Waals surface area contributed by atoms with Crippen molar-refractivity contribution >= 4 is 0 Å². The van der Waals surface area contributed by atoms with Gasteiger partial charge in [0, 0.05) is 0 Å². The average molecular weight is 444 g/mol. The summed E-state index contributed by atoms with van der Waals surface area (Å²) >= 11 is 0. The largest absolute Gasteiger partial charge is 0.394 e. The summed E-state index contributed by atoms with van der Waals surface area (Å²) in [6, 6.07) is 0. The van der Waals surface area contributed by atoms with Gasteiger partial charge in [0.15, 0.2) is 18.9 Å². The molecule has 0 bridgehead atoms. The fraction of sp³-hybridized carbons (Fsp3) is 1.00. The van der Waals surface area contributed by atoms with Gasteiger partial charge < -0.3 is 69.6 Å². The SMILES string of the molecule is OC[C@H]1O[C@H](O)[C@H](O)[C@@H](O[C@H]2OC[C@@H](O)[C@H](O[C@H]3OC[C@@H](O)[C@H](O)[C@H]3O)[C@H]2O)[C@@H]1O. The van der Waals surface area contributed by atoms with Crippen molar-refractivity contribution in [2.45, 2.75) is 79.9 Å². The smallest absolute Gasteiger partial charge is 0.186 e. The molecule has 0 spiro atoms. The topological polar surface area (TPSA) is 228 Å². The van der Waals surface area contributed by atoms with Crippen LogP contribution in [0, 0.1) is 0 Å². The number of ether oxygens (including phenoxy) is 5. The zero-order chi connectivity index (χ0) is 22.2. The maximum atomic E-state index is 10.5. The molecule has 0 aromatic heterocycles. The molecule has 3 fully saturated rings. The highest BCUT2D eigenvalue weighted by Gasteiger charge is 2.50. The third-order valence-corrected chi connectivity index (χ3v) is 5.30.